The molecule has 0 amide bonds. The summed E-state index contributed by atoms with van der Waals surface area (Å²) >= 11 is 5.71. The topological polar surface area (TPSA) is 51.4 Å². The standard InChI is InChI=1S/C22H26N6OS/c1-3-12-27-21(18-8-6-7-11-23-18)24-28(22(27)30)17-25-13-15-26(16-14-25)19-9-4-5-10-20(19)29-2/h3-11H,1,12-17H2,2H3. The van der Waals surface area contributed by atoms with Gasteiger partial charge in [-0.05, 0) is 36.5 Å². The number of rotatable bonds is 7. The van der Waals surface area contributed by atoms with Gasteiger partial charge in [-0.25, -0.2) is 4.68 Å². The Hall–Kier alpha value is -2.97. The van der Waals surface area contributed by atoms with Crippen molar-refractivity contribution in [2.45, 2.75) is 13.2 Å². The maximum atomic E-state index is 5.71. The molecule has 0 bridgehead atoms. The van der Waals surface area contributed by atoms with E-state index in [1.165, 1.54) is 0 Å². The average Bonchev–Trinajstić information content (AvgIpc) is 3.10. The fourth-order valence-corrected chi connectivity index (χ4v) is 3.98. The van der Waals surface area contributed by atoms with Crippen molar-refractivity contribution in [2.75, 3.05) is 38.2 Å². The Bertz CT molecular complexity index is 1050. The van der Waals surface area contributed by atoms with Crippen molar-refractivity contribution < 1.29 is 4.74 Å². The Balaban J connectivity index is 1.49. The number of methoxy groups -OCH3 is 1. The van der Waals surface area contributed by atoms with Crippen LogP contribution < -0.4 is 9.64 Å². The van der Waals surface area contributed by atoms with Crippen LogP contribution in [0.15, 0.2) is 61.3 Å². The minimum atomic E-state index is 0.603. The number of anilines is 1. The van der Waals surface area contributed by atoms with Gasteiger partial charge < -0.3 is 9.64 Å². The quantitative estimate of drug-likeness (QED) is 0.429. The van der Waals surface area contributed by atoms with E-state index in [4.69, 9.17) is 22.1 Å². The smallest absolute Gasteiger partial charge is 0.199 e. The van der Waals surface area contributed by atoms with Gasteiger partial charge >= 0.3 is 0 Å². The largest absolute Gasteiger partial charge is 0.495 e. The zero-order valence-corrected chi connectivity index (χ0v) is 18.0. The first kappa shape index (κ1) is 20.3. The van der Waals surface area contributed by atoms with Crippen LogP contribution >= 0.6 is 12.2 Å². The van der Waals surface area contributed by atoms with Gasteiger partial charge in [0.05, 0.1) is 19.5 Å². The van der Waals surface area contributed by atoms with Gasteiger partial charge in [0, 0.05) is 38.9 Å². The van der Waals surface area contributed by atoms with Crippen molar-refractivity contribution in [3.05, 3.63) is 66.1 Å². The molecule has 0 N–H and O–H groups in total. The van der Waals surface area contributed by atoms with E-state index < -0.39 is 0 Å². The lowest BCUT2D eigenvalue weighted by molar-refractivity contribution is 0.194. The van der Waals surface area contributed by atoms with Crippen LogP contribution in [0.1, 0.15) is 0 Å². The predicted octanol–water partition coefficient (Wildman–Crippen LogP) is 3.45. The van der Waals surface area contributed by atoms with Crippen LogP contribution in [0, 0.1) is 4.77 Å². The van der Waals surface area contributed by atoms with E-state index in [1.807, 2.05) is 45.7 Å². The van der Waals surface area contributed by atoms with Crippen molar-refractivity contribution in [1.29, 1.82) is 0 Å². The minimum absolute atomic E-state index is 0.603. The van der Waals surface area contributed by atoms with Gasteiger partial charge in [-0.3, -0.25) is 14.5 Å². The van der Waals surface area contributed by atoms with Crippen molar-refractivity contribution in [1.82, 2.24) is 24.2 Å². The van der Waals surface area contributed by atoms with Gasteiger partial charge in [-0.2, -0.15) is 0 Å². The third-order valence-electron chi connectivity index (χ3n) is 5.26. The second kappa shape index (κ2) is 9.23. The molecule has 1 fully saturated rings. The van der Waals surface area contributed by atoms with Crippen molar-refractivity contribution in [2.24, 2.45) is 0 Å². The van der Waals surface area contributed by atoms with E-state index in [9.17, 15) is 0 Å². The molecule has 2 aromatic heterocycles. The number of pyridine rings is 1. The Kier molecular flexibility index (Phi) is 6.25. The Morgan fingerprint density at radius 1 is 1.10 bits per heavy atom. The first-order valence-electron chi connectivity index (χ1n) is 10.0. The van der Waals surface area contributed by atoms with E-state index in [0.29, 0.717) is 18.0 Å². The minimum Gasteiger partial charge on any atom is -0.495 e. The van der Waals surface area contributed by atoms with Crippen LogP contribution in [-0.2, 0) is 13.2 Å². The van der Waals surface area contributed by atoms with E-state index in [1.54, 1.807) is 13.3 Å². The number of hydrogen-bond acceptors (Lipinski definition) is 6. The molecule has 0 unspecified atom stereocenters. The summed E-state index contributed by atoms with van der Waals surface area (Å²) < 4.78 is 10.1. The summed E-state index contributed by atoms with van der Waals surface area (Å²) in [7, 11) is 1.72. The Morgan fingerprint density at radius 3 is 2.57 bits per heavy atom. The number of piperazine rings is 1. The first-order valence-corrected chi connectivity index (χ1v) is 10.4. The lowest BCUT2D eigenvalue weighted by Gasteiger charge is -2.36. The number of allylic oxidation sites excluding steroid dienone is 1. The molecule has 7 nitrogen and oxygen atoms in total. The van der Waals surface area contributed by atoms with Crippen molar-refractivity contribution in [3.63, 3.8) is 0 Å². The molecule has 4 rings (SSSR count). The number of ether oxygens (including phenoxy) is 1. The Labute approximate surface area is 181 Å². The van der Waals surface area contributed by atoms with Gasteiger partial charge in [0.1, 0.15) is 11.4 Å². The second-order valence-corrected chi connectivity index (χ2v) is 7.50. The van der Waals surface area contributed by atoms with Crippen LogP contribution in [-0.4, -0.2) is 57.5 Å². The molecular weight excluding hydrogens is 396 g/mol. The van der Waals surface area contributed by atoms with Gasteiger partial charge in [0.15, 0.2) is 10.6 Å². The van der Waals surface area contributed by atoms with E-state index in [-0.39, 0.29) is 0 Å². The van der Waals surface area contributed by atoms with Gasteiger partial charge in [-0.15, -0.1) is 11.7 Å². The fraction of sp³-hybridized carbons (Fsp3) is 0.318. The number of para-hydroxylation sites is 2. The second-order valence-electron chi connectivity index (χ2n) is 7.14. The molecule has 0 radical (unpaired) electrons. The van der Waals surface area contributed by atoms with Gasteiger partial charge in [0.25, 0.3) is 0 Å². The lowest BCUT2D eigenvalue weighted by atomic mass is 10.2. The third kappa shape index (κ3) is 4.15. The molecule has 156 valence electrons. The fourth-order valence-electron chi connectivity index (χ4n) is 3.72. The zero-order chi connectivity index (χ0) is 20.9. The summed E-state index contributed by atoms with van der Waals surface area (Å²) in [5.41, 5.74) is 1.95. The highest BCUT2D eigenvalue weighted by Crippen LogP contribution is 2.28. The Morgan fingerprint density at radius 2 is 1.87 bits per heavy atom. The molecular formula is C22H26N6OS. The van der Waals surface area contributed by atoms with Crippen LogP contribution in [0.25, 0.3) is 11.5 Å². The van der Waals surface area contributed by atoms with Crippen molar-refractivity contribution in [3.8, 4) is 17.3 Å². The summed E-state index contributed by atoms with van der Waals surface area (Å²) in [5.74, 6) is 1.68. The highest BCUT2D eigenvalue weighted by Gasteiger charge is 2.21. The summed E-state index contributed by atoms with van der Waals surface area (Å²) in [6.07, 6.45) is 3.60. The first-order chi connectivity index (χ1) is 14.7. The molecule has 1 aliphatic heterocycles. The normalized spacial score (nSPS) is 14.6. The monoisotopic (exact) mass is 422 g/mol. The zero-order valence-electron chi connectivity index (χ0n) is 17.1. The van der Waals surface area contributed by atoms with E-state index in [0.717, 1.165) is 49.1 Å². The molecule has 30 heavy (non-hydrogen) atoms. The summed E-state index contributed by atoms with van der Waals surface area (Å²) in [6.45, 7) is 8.81. The summed E-state index contributed by atoms with van der Waals surface area (Å²) in [6, 6.07) is 14.0. The van der Waals surface area contributed by atoms with Crippen LogP contribution in [0.4, 0.5) is 5.69 Å². The highest BCUT2D eigenvalue weighted by molar-refractivity contribution is 7.71. The van der Waals surface area contributed by atoms with Crippen molar-refractivity contribution >= 4 is 17.9 Å². The SMILES string of the molecule is C=CCn1c(-c2ccccn2)nn(CN2CCN(c3ccccc3OC)CC2)c1=S. The molecule has 0 saturated carbocycles. The van der Waals surface area contributed by atoms with Crippen LogP contribution in [0.2, 0.25) is 0 Å². The maximum absolute atomic E-state index is 5.71. The molecule has 3 heterocycles. The van der Waals surface area contributed by atoms with Crippen LogP contribution in [0.5, 0.6) is 5.75 Å². The number of nitrogens with zero attached hydrogens (tertiary/aromatic N) is 6. The molecule has 0 aliphatic carbocycles. The van der Waals surface area contributed by atoms with E-state index in [2.05, 4.69) is 33.5 Å². The van der Waals surface area contributed by atoms with Gasteiger partial charge in [0.2, 0.25) is 0 Å². The molecule has 0 spiro atoms. The predicted molar refractivity (Wildman–Crippen MR) is 121 cm³/mol. The molecule has 1 aromatic carbocycles. The third-order valence-corrected chi connectivity index (χ3v) is 5.69. The lowest BCUT2D eigenvalue weighted by Crippen LogP contribution is -2.47. The summed E-state index contributed by atoms with van der Waals surface area (Å²) in [5, 5.41) is 4.79. The molecule has 0 atom stereocenters. The van der Waals surface area contributed by atoms with Crippen LogP contribution in [0.3, 0.4) is 0 Å². The van der Waals surface area contributed by atoms with Gasteiger partial charge in [-0.1, -0.05) is 24.3 Å². The molecule has 1 aliphatic rings. The number of hydrogen-bond donors (Lipinski definition) is 0. The maximum Gasteiger partial charge on any atom is 0.199 e. The highest BCUT2D eigenvalue weighted by atomic mass is 32.1. The number of benzene rings is 1. The molecule has 8 heteroatoms. The number of aromatic nitrogens is 4. The molecule has 1 saturated heterocycles. The molecule has 3 aromatic rings. The van der Waals surface area contributed by atoms with E-state index >= 15 is 0 Å². The average molecular weight is 423 g/mol. The summed E-state index contributed by atoms with van der Waals surface area (Å²) in [4.78, 5) is 9.18.